The zero-order valence-electron chi connectivity index (χ0n) is 13.0. The molecule has 2 atom stereocenters. The number of carbonyl (C=O) groups is 1. The van der Waals surface area contributed by atoms with Gasteiger partial charge < -0.3 is 20.1 Å². The Balaban J connectivity index is 2.02. The number of nitrogens with two attached hydrogens (primary N) is 1. The maximum Gasteiger partial charge on any atom is 0.225 e. The smallest absolute Gasteiger partial charge is 0.225 e. The molecule has 5 nitrogen and oxygen atoms in total. The summed E-state index contributed by atoms with van der Waals surface area (Å²) in [7, 11) is 3.22. The van der Waals surface area contributed by atoms with Gasteiger partial charge in [0.1, 0.15) is 0 Å². The first-order valence-corrected chi connectivity index (χ1v) is 7.30. The highest BCUT2D eigenvalue weighted by Crippen LogP contribution is 2.28. The minimum absolute atomic E-state index is 0.0617. The molecule has 21 heavy (non-hydrogen) atoms. The molecule has 2 unspecified atom stereocenters. The van der Waals surface area contributed by atoms with Crippen LogP contribution in [0, 0.1) is 5.92 Å². The summed E-state index contributed by atoms with van der Waals surface area (Å²) < 4.78 is 10.5. The van der Waals surface area contributed by atoms with Crippen LogP contribution in [-0.2, 0) is 11.2 Å². The highest BCUT2D eigenvalue weighted by Gasteiger charge is 2.27. The summed E-state index contributed by atoms with van der Waals surface area (Å²) in [5, 5.41) is 0. The maximum absolute atomic E-state index is 12.4. The van der Waals surface area contributed by atoms with Crippen LogP contribution < -0.4 is 15.2 Å². The largest absolute Gasteiger partial charge is 0.493 e. The van der Waals surface area contributed by atoms with Gasteiger partial charge in [0, 0.05) is 25.0 Å². The van der Waals surface area contributed by atoms with Crippen LogP contribution in [0.2, 0.25) is 0 Å². The molecule has 1 aliphatic rings. The van der Waals surface area contributed by atoms with Crippen LogP contribution in [0.5, 0.6) is 11.5 Å². The first-order valence-electron chi connectivity index (χ1n) is 7.30. The van der Waals surface area contributed by atoms with Gasteiger partial charge in [0.05, 0.1) is 14.2 Å². The van der Waals surface area contributed by atoms with Crippen molar-refractivity contribution in [2.45, 2.75) is 25.8 Å². The topological polar surface area (TPSA) is 64.8 Å². The number of likely N-dealkylation sites (tertiary alicyclic amines) is 1. The number of amides is 1. The van der Waals surface area contributed by atoms with E-state index in [1.54, 1.807) is 14.2 Å². The first kappa shape index (κ1) is 15.6. The van der Waals surface area contributed by atoms with E-state index in [2.05, 4.69) is 0 Å². The predicted molar refractivity (Wildman–Crippen MR) is 81.6 cm³/mol. The van der Waals surface area contributed by atoms with Gasteiger partial charge >= 0.3 is 0 Å². The molecule has 2 N–H and O–H groups in total. The van der Waals surface area contributed by atoms with E-state index >= 15 is 0 Å². The summed E-state index contributed by atoms with van der Waals surface area (Å²) >= 11 is 0. The lowest BCUT2D eigenvalue weighted by molar-refractivity contribution is -0.133. The minimum atomic E-state index is -0.0617. The fraction of sp³-hybridized carbons (Fsp3) is 0.562. The van der Waals surface area contributed by atoms with Crippen molar-refractivity contribution in [1.82, 2.24) is 4.90 Å². The zero-order chi connectivity index (χ0) is 15.4. The molecule has 5 heteroatoms. The summed E-state index contributed by atoms with van der Waals surface area (Å²) in [4.78, 5) is 14.3. The van der Waals surface area contributed by atoms with Crippen molar-refractivity contribution in [2.24, 2.45) is 11.7 Å². The Morgan fingerprint density at radius 2 is 2.10 bits per heavy atom. The Bertz CT molecular complexity index is 504. The number of methoxy groups -OCH3 is 2. The Labute approximate surface area is 126 Å². The molecular weight excluding hydrogens is 268 g/mol. The molecule has 0 spiro atoms. The van der Waals surface area contributed by atoms with Crippen LogP contribution in [0.15, 0.2) is 18.2 Å². The standard InChI is InChI=1S/C16H24N2O3/c1-11(16(19)18-7-6-13(17)10-18)8-12-4-5-14(20-2)15(9-12)21-3/h4-5,9,11,13H,6-8,10,17H2,1-3H3. The van der Waals surface area contributed by atoms with E-state index in [9.17, 15) is 4.79 Å². The van der Waals surface area contributed by atoms with Crippen molar-refractivity contribution in [3.8, 4) is 11.5 Å². The Morgan fingerprint density at radius 1 is 1.38 bits per heavy atom. The summed E-state index contributed by atoms with van der Waals surface area (Å²) in [5.74, 6) is 1.51. The molecule has 1 amide bonds. The molecule has 0 bridgehead atoms. The molecule has 0 aromatic heterocycles. The third-order valence-electron chi connectivity index (χ3n) is 3.95. The lowest BCUT2D eigenvalue weighted by atomic mass is 9.99. The Kier molecular flexibility index (Phi) is 5.07. The highest BCUT2D eigenvalue weighted by molar-refractivity contribution is 5.79. The number of hydrogen-bond acceptors (Lipinski definition) is 4. The van der Waals surface area contributed by atoms with E-state index in [0.717, 1.165) is 18.5 Å². The van der Waals surface area contributed by atoms with Crippen LogP contribution in [0.25, 0.3) is 0 Å². The average Bonchev–Trinajstić information content (AvgIpc) is 2.92. The average molecular weight is 292 g/mol. The monoisotopic (exact) mass is 292 g/mol. The summed E-state index contributed by atoms with van der Waals surface area (Å²) in [5.41, 5.74) is 6.93. The number of carbonyl (C=O) groups excluding carboxylic acids is 1. The van der Waals surface area contributed by atoms with Crippen LogP contribution in [-0.4, -0.2) is 44.2 Å². The Morgan fingerprint density at radius 3 is 2.67 bits per heavy atom. The van der Waals surface area contributed by atoms with Crippen molar-refractivity contribution in [1.29, 1.82) is 0 Å². The number of hydrogen-bond donors (Lipinski definition) is 1. The van der Waals surface area contributed by atoms with E-state index in [0.29, 0.717) is 24.5 Å². The summed E-state index contributed by atoms with van der Waals surface area (Å²) in [6.07, 6.45) is 1.58. The van der Waals surface area contributed by atoms with Gasteiger partial charge in [-0.1, -0.05) is 13.0 Å². The van der Waals surface area contributed by atoms with Crippen molar-refractivity contribution in [3.63, 3.8) is 0 Å². The molecule has 1 aromatic rings. The fourth-order valence-corrected chi connectivity index (χ4v) is 2.75. The molecule has 1 saturated heterocycles. The number of rotatable bonds is 5. The van der Waals surface area contributed by atoms with Crippen LogP contribution in [0.3, 0.4) is 0 Å². The van der Waals surface area contributed by atoms with Crippen molar-refractivity contribution in [2.75, 3.05) is 27.3 Å². The molecule has 0 saturated carbocycles. The van der Waals surface area contributed by atoms with Gasteiger partial charge in [-0.2, -0.15) is 0 Å². The molecule has 1 fully saturated rings. The van der Waals surface area contributed by atoms with Gasteiger partial charge in [0.25, 0.3) is 0 Å². The highest BCUT2D eigenvalue weighted by atomic mass is 16.5. The second-order valence-corrected chi connectivity index (χ2v) is 5.63. The molecule has 0 radical (unpaired) electrons. The second kappa shape index (κ2) is 6.80. The van der Waals surface area contributed by atoms with E-state index < -0.39 is 0 Å². The van der Waals surface area contributed by atoms with Gasteiger partial charge in [-0.15, -0.1) is 0 Å². The quantitative estimate of drug-likeness (QED) is 0.892. The van der Waals surface area contributed by atoms with Crippen molar-refractivity contribution in [3.05, 3.63) is 23.8 Å². The molecule has 116 valence electrons. The van der Waals surface area contributed by atoms with Crippen LogP contribution in [0.1, 0.15) is 18.9 Å². The number of benzene rings is 1. The molecule has 0 aliphatic carbocycles. The fourth-order valence-electron chi connectivity index (χ4n) is 2.75. The first-order chi connectivity index (χ1) is 10.0. The lowest BCUT2D eigenvalue weighted by Gasteiger charge is -2.21. The van der Waals surface area contributed by atoms with E-state index in [1.165, 1.54) is 0 Å². The number of ether oxygens (including phenoxy) is 2. The van der Waals surface area contributed by atoms with E-state index in [-0.39, 0.29) is 17.9 Å². The zero-order valence-corrected chi connectivity index (χ0v) is 13.0. The van der Waals surface area contributed by atoms with Crippen molar-refractivity contribution >= 4 is 5.91 Å². The predicted octanol–water partition coefficient (Wildman–Crippen LogP) is 1.44. The van der Waals surface area contributed by atoms with Crippen LogP contribution >= 0.6 is 0 Å². The normalized spacial score (nSPS) is 19.4. The van der Waals surface area contributed by atoms with Gasteiger partial charge in [0.2, 0.25) is 5.91 Å². The minimum Gasteiger partial charge on any atom is -0.493 e. The van der Waals surface area contributed by atoms with E-state index in [4.69, 9.17) is 15.2 Å². The molecule has 1 aromatic carbocycles. The Hall–Kier alpha value is -1.75. The van der Waals surface area contributed by atoms with Gasteiger partial charge in [-0.05, 0) is 30.5 Å². The van der Waals surface area contributed by atoms with Gasteiger partial charge in [-0.3, -0.25) is 4.79 Å². The maximum atomic E-state index is 12.4. The van der Waals surface area contributed by atoms with Crippen LogP contribution in [0.4, 0.5) is 0 Å². The molecule has 2 rings (SSSR count). The van der Waals surface area contributed by atoms with E-state index in [1.807, 2.05) is 30.0 Å². The molecule has 1 aliphatic heterocycles. The summed E-state index contributed by atoms with van der Waals surface area (Å²) in [6.45, 7) is 3.41. The lowest BCUT2D eigenvalue weighted by Crippen LogP contribution is -2.36. The van der Waals surface area contributed by atoms with Crippen molar-refractivity contribution < 1.29 is 14.3 Å². The van der Waals surface area contributed by atoms with Gasteiger partial charge in [0.15, 0.2) is 11.5 Å². The second-order valence-electron chi connectivity index (χ2n) is 5.63. The van der Waals surface area contributed by atoms with Gasteiger partial charge in [-0.25, -0.2) is 0 Å². The third-order valence-corrected chi connectivity index (χ3v) is 3.95. The SMILES string of the molecule is COc1ccc(CC(C)C(=O)N2CCC(N)C2)cc1OC. The molecular formula is C16H24N2O3. The third kappa shape index (κ3) is 3.67. The molecule has 1 heterocycles. The number of nitrogens with zero attached hydrogens (tertiary/aromatic N) is 1. The summed E-state index contributed by atoms with van der Waals surface area (Å²) in [6, 6.07) is 5.90.